The van der Waals surface area contributed by atoms with E-state index in [1.165, 1.54) is 49.9 Å². The monoisotopic (exact) mass is 659 g/mol. The lowest BCUT2D eigenvalue weighted by molar-refractivity contribution is 0.484. The fourth-order valence-electron chi connectivity index (χ4n) is 8.28. The molecule has 6 heteroatoms. The van der Waals surface area contributed by atoms with E-state index in [9.17, 15) is 0 Å². The van der Waals surface area contributed by atoms with E-state index in [4.69, 9.17) is 14.7 Å². The number of aromatic nitrogens is 5. The summed E-state index contributed by atoms with van der Waals surface area (Å²) in [4.78, 5) is 14.0. The Balaban J connectivity index is 1.20. The van der Waals surface area contributed by atoms with Crippen LogP contribution in [-0.2, 0) is 0 Å². The molecule has 5 heterocycles. The molecule has 244 valence electrons. The molecule has 5 aromatic heterocycles. The number of aryl methyl sites for hydroxylation is 4. The van der Waals surface area contributed by atoms with Crippen LogP contribution in [0.4, 0.5) is 0 Å². The predicted molar refractivity (Wildman–Crippen MR) is 208 cm³/mol. The van der Waals surface area contributed by atoms with E-state index in [1.54, 1.807) is 0 Å². The average Bonchev–Trinajstić information content (AvgIpc) is 3.83. The van der Waals surface area contributed by atoms with Crippen LogP contribution in [-0.4, -0.2) is 23.8 Å². The summed E-state index contributed by atoms with van der Waals surface area (Å²) in [6.07, 6.45) is 11.5. The summed E-state index contributed by atoms with van der Waals surface area (Å²) in [6, 6.07) is 32.5. The molecule has 5 aromatic carbocycles. The Morgan fingerprint density at radius 2 is 1.10 bits per heavy atom. The van der Waals surface area contributed by atoms with Crippen LogP contribution >= 0.6 is 0 Å². The number of hydrogen-bond donors (Lipinski definition) is 0. The topological polar surface area (TPSA) is 56.7 Å². The minimum Gasteiger partial charge on any atom is -0.457 e. The molecule has 0 aliphatic heterocycles. The summed E-state index contributed by atoms with van der Waals surface area (Å²) < 4.78 is 11.0. The van der Waals surface area contributed by atoms with Gasteiger partial charge in [0.25, 0.3) is 0 Å². The Bertz CT molecular complexity index is 3020. The Labute approximate surface area is 294 Å². The highest BCUT2D eigenvalue weighted by atomic mass is 16.5. The number of fused-ring (bicyclic) bond motifs is 12. The maximum atomic E-state index is 6.63. The first-order valence-electron chi connectivity index (χ1n) is 17.2. The van der Waals surface area contributed by atoms with Gasteiger partial charge in [-0.05, 0) is 132 Å². The van der Waals surface area contributed by atoms with Gasteiger partial charge in [-0.2, -0.15) is 0 Å². The van der Waals surface area contributed by atoms with E-state index in [0.717, 1.165) is 60.8 Å². The van der Waals surface area contributed by atoms with Crippen molar-refractivity contribution in [2.75, 3.05) is 0 Å². The molecule has 0 aliphatic carbocycles. The van der Waals surface area contributed by atoms with E-state index in [2.05, 4.69) is 133 Å². The van der Waals surface area contributed by atoms with Gasteiger partial charge in [-0.3, -0.25) is 13.8 Å². The van der Waals surface area contributed by atoms with Crippen LogP contribution in [0.25, 0.3) is 76.9 Å². The van der Waals surface area contributed by atoms with Crippen LogP contribution in [0.15, 0.2) is 128 Å². The molecule has 6 nitrogen and oxygen atoms in total. The number of rotatable bonds is 4. The summed E-state index contributed by atoms with van der Waals surface area (Å²) in [7, 11) is 0. The van der Waals surface area contributed by atoms with Gasteiger partial charge in [-0.15, -0.1) is 0 Å². The first kappa shape index (κ1) is 29.4. The van der Waals surface area contributed by atoms with Gasteiger partial charge in [-0.25, -0.2) is 9.97 Å². The zero-order valence-electron chi connectivity index (χ0n) is 28.8. The molecule has 0 bridgehead atoms. The van der Waals surface area contributed by atoms with Gasteiger partial charge in [0.15, 0.2) is 0 Å². The highest BCUT2D eigenvalue weighted by Gasteiger charge is 2.20. The molecule has 0 atom stereocenters. The second-order valence-electron chi connectivity index (χ2n) is 13.6. The lowest BCUT2D eigenvalue weighted by atomic mass is 9.87. The standard InChI is InChI=1S/C45H33N5O/c1-26-7-5-8-27(2)41(26)30-21-36-34-14-12-32(51-31-11-13-33-35-15-16-46-25-40(35)49-19-17-47-44(49)37(33)23-31)24-38(34)45-48-18-20-50(45)43(36)39(22-30)42-28(3)9-6-10-29(42)4/h5-25H,1-4H3. The van der Waals surface area contributed by atoms with Gasteiger partial charge in [0.2, 0.25) is 0 Å². The number of pyridine rings is 3. The third-order valence-corrected chi connectivity index (χ3v) is 10.5. The summed E-state index contributed by atoms with van der Waals surface area (Å²) >= 11 is 0. The third kappa shape index (κ3) is 4.39. The van der Waals surface area contributed by atoms with E-state index in [0.29, 0.717) is 0 Å². The van der Waals surface area contributed by atoms with Crippen molar-refractivity contribution in [1.29, 1.82) is 0 Å². The molecule has 0 aliphatic rings. The summed E-state index contributed by atoms with van der Waals surface area (Å²) in [5, 5.41) is 6.60. The Morgan fingerprint density at radius 3 is 1.76 bits per heavy atom. The van der Waals surface area contributed by atoms with Crippen molar-refractivity contribution >= 4 is 54.6 Å². The number of benzene rings is 5. The van der Waals surface area contributed by atoms with Crippen LogP contribution < -0.4 is 4.74 Å². The maximum Gasteiger partial charge on any atom is 0.145 e. The molecule has 0 radical (unpaired) electrons. The van der Waals surface area contributed by atoms with Gasteiger partial charge >= 0.3 is 0 Å². The van der Waals surface area contributed by atoms with Gasteiger partial charge in [0.05, 0.1) is 17.2 Å². The van der Waals surface area contributed by atoms with Crippen molar-refractivity contribution in [3.05, 3.63) is 150 Å². The van der Waals surface area contributed by atoms with Crippen LogP contribution in [0.2, 0.25) is 0 Å². The molecule has 0 fully saturated rings. The maximum absolute atomic E-state index is 6.63. The van der Waals surface area contributed by atoms with Gasteiger partial charge in [-0.1, -0.05) is 36.4 Å². The Kier molecular flexibility index (Phi) is 6.33. The zero-order valence-corrected chi connectivity index (χ0v) is 28.8. The Morgan fingerprint density at radius 1 is 0.510 bits per heavy atom. The molecular weight excluding hydrogens is 627 g/mol. The van der Waals surface area contributed by atoms with Crippen LogP contribution in [0.3, 0.4) is 0 Å². The minimum absolute atomic E-state index is 0.745. The molecule has 0 unspecified atom stereocenters. The first-order chi connectivity index (χ1) is 24.9. The normalized spacial score (nSPS) is 11.9. The smallest absolute Gasteiger partial charge is 0.145 e. The van der Waals surface area contributed by atoms with Crippen molar-refractivity contribution < 1.29 is 4.74 Å². The molecule has 10 rings (SSSR count). The number of hydrogen-bond acceptors (Lipinski definition) is 4. The van der Waals surface area contributed by atoms with E-state index in [1.807, 2.05) is 37.1 Å². The number of imidazole rings is 2. The van der Waals surface area contributed by atoms with E-state index < -0.39 is 0 Å². The van der Waals surface area contributed by atoms with Crippen LogP contribution in [0.5, 0.6) is 11.5 Å². The van der Waals surface area contributed by atoms with Crippen molar-refractivity contribution in [3.8, 4) is 33.8 Å². The van der Waals surface area contributed by atoms with Gasteiger partial charge in [0.1, 0.15) is 22.8 Å². The van der Waals surface area contributed by atoms with Crippen LogP contribution in [0.1, 0.15) is 22.3 Å². The highest BCUT2D eigenvalue weighted by Crippen LogP contribution is 2.43. The number of ether oxygens (including phenoxy) is 1. The Hall–Kier alpha value is -6.53. The summed E-state index contributed by atoms with van der Waals surface area (Å²) in [5.41, 5.74) is 13.9. The molecular formula is C45H33N5O. The summed E-state index contributed by atoms with van der Waals surface area (Å²) in [5.74, 6) is 1.49. The molecule has 0 amide bonds. The predicted octanol–water partition coefficient (Wildman–Crippen LogP) is 11.3. The molecule has 0 spiro atoms. The molecule has 0 saturated carbocycles. The second-order valence-corrected chi connectivity index (χ2v) is 13.6. The van der Waals surface area contributed by atoms with Crippen molar-refractivity contribution in [2.24, 2.45) is 0 Å². The van der Waals surface area contributed by atoms with Gasteiger partial charge < -0.3 is 4.74 Å². The highest BCUT2D eigenvalue weighted by molar-refractivity contribution is 6.17. The van der Waals surface area contributed by atoms with E-state index in [-0.39, 0.29) is 0 Å². The van der Waals surface area contributed by atoms with Crippen molar-refractivity contribution in [3.63, 3.8) is 0 Å². The molecule has 0 saturated heterocycles. The fraction of sp³-hybridized carbons (Fsp3) is 0.0889. The van der Waals surface area contributed by atoms with Crippen molar-refractivity contribution in [2.45, 2.75) is 27.7 Å². The lowest BCUT2D eigenvalue weighted by Gasteiger charge is -2.20. The lowest BCUT2D eigenvalue weighted by Crippen LogP contribution is -1.98. The minimum atomic E-state index is 0.745. The van der Waals surface area contributed by atoms with Gasteiger partial charge in [0, 0.05) is 58.1 Å². The SMILES string of the molecule is Cc1cccc(C)c1-c1cc(-c2c(C)cccc2C)c2c(c1)c1ccc(Oc3ccc4c5ccncc5n5ccnc5c4c3)cc1c1nccn12. The third-order valence-electron chi connectivity index (χ3n) is 10.5. The molecule has 51 heavy (non-hydrogen) atoms. The zero-order chi connectivity index (χ0) is 34.4. The van der Waals surface area contributed by atoms with Crippen LogP contribution in [0, 0.1) is 27.7 Å². The largest absolute Gasteiger partial charge is 0.457 e. The fourth-order valence-corrected chi connectivity index (χ4v) is 8.28. The first-order valence-corrected chi connectivity index (χ1v) is 17.2. The molecule has 10 aromatic rings. The second kappa shape index (κ2) is 11.0. The average molecular weight is 660 g/mol. The quantitative estimate of drug-likeness (QED) is 0.176. The molecule has 0 N–H and O–H groups in total. The van der Waals surface area contributed by atoms with E-state index >= 15 is 0 Å². The van der Waals surface area contributed by atoms with Crippen molar-refractivity contribution in [1.82, 2.24) is 23.8 Å². The number of nitrogens with zero attached hydrogens (tertiary/aromatic N) is 5. The summed E-state index contributed by atoms with van der Waals surface area (Å²) in [6.45, 7) is 8.82.